The molecule has 0 saturated heterocycles. The first-order chi connectivity index (χ1) is 10.0. The smallest absolute Gasteiger partial charge is 0.312 e. The Hall–Kier alpha value is -1.82. The first kappa shape index (κ1) is 14.1. The van der Waals surface area contributed by atoms with Gasteiger partial charge in [0.2, 0.25) is 0 Å². The largest absolute Gasteiger partial charge is 0.419 e. The van der Waals surface area contributed by atoms with Crippen molar-refractivity contribution in [1.82, 2.24) is 15.1 Å². The van der Waals surface area contributed by atoms with Gasteiger partial charge in [0.15, 0.2) is 0 Å². The first-order valence-corrected chi connectivity index (χ1v) is 6.94. The molecule has 2 aromatic rings. The van der Waals surface area contributed by atoms with Crippen LogP contribution in [-0.2, 0) is 6.18 Å². The molecule has 6 heteroatoms. The highest BCUT2D eigenvalue weighted by Crippen LogP contribution is 2.30. The average Bonchev–Trinajstić information content (AvgIpc) is 3.14. The minimum atomic E-state index is -4.36. The topological polar surface area (TPSA) is 29.9 Å². The van der Waals surface area contributed by atoms with Crippen LogP contribution in [0, 0.1) is 0 Å². The third kappa shape index (κ3) is 3.44. The van der Waals surface area contributed by atoms with Gasteiger partial charge in [-0.3, -0.25) is 4.68 Å². The number of nitrogens with zero attached hydrogens (tertiary/aromatic N) is 2. The summed E-state index contributed by atoms with van der Waals surface area (Å²) >= 11 is 0. The molecule has 1 aliphatic rings. The van der Waals surface area contributed by atoms with E-state index in [1.165, 1.54) is 4.68 Å². The van der Waals surface area contributed by atoms with E-state index in [2.05, 4.69) is 10.4 Å². The molecule has 3 rings (SSSR count). The Morgan fingerprint density at radius 3 is 2.52 bits per heavy atom. The molecule has 0 aliphatic heterocycles. The maximum Gasteiger partial charge on any atom is 0.419 e. The molecule has 0 amide bonds. The minimum absolute atomic E-state index is 0.233. The number of rotatable bonds is 5. The molecule has 0 bridgehead atoms. The molecular weight excluding hydrogens is 279 g/mol. The van der Waals surface area contributed by atoms with Crippen molar-refractivity contribution in [2.75, 3.05) is 6.54 Å². The van der Waals surface area contributed by atoms with Gasteiger partial charge < -0.3 is 5.32 Å². The van der Waals surface area contributed by atoms with Crippen molar-refractivity contribution in [3.05, 3.63) is 53.9 Å². The van der Waals surface area contributed by atoms with Crippen LogP contribution in [-0.4, -0.2) is 22.4 Å². The van der Waals surface area contributed by atoms with Crippen molar-refractivity contribution in [2.45, 2.75) is 31.1 Å². The maximum atomic E-state index is 12.7. The van der Waals surface area contributed by atoms with E-state index in [0.717, 1.165) is 30.8 Å². The Morgan fingerprint density at radius 2 is 1.95 bits per heavy atom. The van der Waals surface area contributed by atoms with Crippen molar-refractivity contribution >= 4 is 0 Å². The lowest BCUT2D eigenvalue weighted by atomic mass is 10.1. The van der Waals surface area contributed by atoms with Crippen LogP contribution >= 0.6 is 0 Å². The van der Waals surface area contributed by atoms with Gasteiger partial charge >= 0.3 is 6.18 Å². The van der Waals surface area contributed by atoms with Crippen molar-refractivity contribution in [1.29, 1.82) is 0 Å². The standard InChI is InChI=1S/C15H16F3N3/c16-15(17,18)12-8-20-21(10-12)14(9-19-13-6-7-13)11-4-2-1-3-5-11/h1-5,8,10,13-14,19H,6-7,9H2. The normalized spacial score (nSPS) is 16.9. The van der Waals surface area contributed by atoms with E-state index in [0.29, 0.717) is 12.6 Å². The van der Waals surface area contributed by atoms with E-state index < -0.39 is 11.7 Å². The lowest BCUT2D eigenvalue weighted by molar-refractivity contribution is -0.137. The van der Waals surface area contributed by atoms with E-state index in [1.54, 1.807) is 0 Å². The number of hydrogen-bond donors (Lipinski definition) is 1. The van der Waals surface area contributed by atoms with Gasteiger partial charge in [0, 0.05) is 18.8 Å². The zero-order valence-electron chi connectivity index (χ0n) is 11.3. The zero-order valence-corrected chi connectivity index (χ0v) is 11.3. The summed E-state index contributed by atoms with van der Waals surface area (Å²) in [5.74, 6) is 0. The number of benzene rings is 1. The zero-order chi connectivity index (χ0) is 14.9. The van der Waals surface area contributed by atoms with Gasteiger partial charge in [-0.25, -0.2) is 0 Å². The molecule has 1 heterocycles. The summed E-state index contributed by atoms with van der Waals surface area (Å²) in [5.41, 5.74) is 0.234. The van der Waals surface area contributed by atoms with Gasteiger partial charge in [-0.1, -0.05) is 30.3 Å². The third-order valence-corrected chi connectivity index (χ3v) is 3.61. The highest BCUT2D eigenvalue weighted by atomic mass is 19.4. The second-order valence-electron chi connectivity index (χ2n) is 5.32. The fourth-order valence-electron chi connectivity index (χ4n) is 2.26. The lowest BCUT2D eigenvalue weighted by Crippen LogP contribution is -2.28. The third-order valence-electron chi connectivity index (χ3n) is 3.61. The summed E-state index contributed by atoms with van der Waals surface area (Å²) in [7, 11) is 0. The van der Waals surface area contributed by atoms with Crippen LogP contribution in [0.1, 0.15) is 30.0 Å². The predicted octanol–water partition coefficient (Wildman–Crippen LogP) is 3.24. The summed E-state index contributed by atoms with van der Waals surface area (Å²) < 4.78 is 39.6. The van der Waals surface area contributed by atoms with E-state index in [9.17, 15) is 13.2 Å². The van der Waals surface area contributed by atoms with E-state index in [1.807, 2.05) is 30.3 Å². The van der Waals surface area contributed by atoms with Crippen molar-refractivity contribution in [3.63, 3.8) is 0 Å². The van der Waals surface area contributed by atoms with E-state index in [4.69, 9.17) is 0 Å². The van der Waals surface area contributed by atoms with Gasteiger partial charge in [0.1, 0.15) is 0 Å². The number of halogens is 3. The van der Waals surface area contributed by atoms with Crippen LogP contribution in [0.25, 0.3) is 0 Å². The predicted molar refractivity (Wildman–Crippen MR) is 72.8 cm³/mol. The summed E-state index contributed by atoms with van der Waals surface area (Å²) in [5, 5.41) is 7.27. The van der Waals surface area contributed by atoms with Crippen LogP contribution in [0.15, 0.2) is 42.7 Å². The second kappa shape index (κ2) is 5.52. The molecule has 1 saturated carbocycles. The summed E-state index contributed by atoms with van der Waals surface area (Å²) in [6.45, 7) is 0.577. The van der Waals surface area contributed by atoms with Crippen LogP contribution in [0.4, 0.5) is 13.2 Å². The molecule has 1 atom stereocenters. The van der Waals surface area contributed by atoms with E-state index in [-0.39, 0.29) is 6.04 Å². The number of alkyl halides is 3. The Balaban J connectivity index is 1.85. The maximum absolute atomic E-state index is 12.7. The van der Waals surface area contributed by atoms with Crippen LogP contribution in [0.2, 0.25) is 0 Å². The summed E-state index contributed by atoms with van der Waals surface area (Å²) in [6, 6.07) is 9.74. The van der Waals surface area contributed by atoms with Crippen molar-refractivity contribution < 1.29 is 13.2 Å². The van der Waals surface area contributed by atoms with Crippen LogP contribution in [0.3, 0.4) is 0 Å². The highest BCUT2D eigenvalue weighted by molar-refractivity contribution is 5.21. The average molecular weight is 295 g/mol. The number of nitrogens with one attached hydrogen (secondary N) is 1. The van der Waals surface area contributed by atoms with Crippen LogP contribution < -0.4 is 5.32 Å². The molecule has 1 aliphatic carbocycles. The molecule has 3 nitrogen and oxygen atoms in total. The van der Waals surface area contributed by atoms with Gasteiger partial charge in [-0.2, -0.15) is 18.3 Å². The summed E-state index contributed by atoms with van der Waals surface area (Å²) in [6.07, 6.45) is -0.133. The molecule has 1 aromatic carbocycles. The monoisotopic (exact) mass is 295 g/mol. The number of hydrogen-bond acceptors (Lipinski definition) is 2. The quantitative estimate of drug-likeness (QED) is 0.917. The minimum Gasteiger partial charge on any atom is -0.312 e. The van der Waals surface area contributed by atoms with Gasteiger partial charge in [0.05, 0.1) is 17.8 Å². The Bertz CT molecular complexity index is 588. The molecule has 1 N–H and O–H groups in total. The Morgan fingerprint density at radius 1 is 1.24 bits per heavy atom. The molecule has 1 aromatic heterocycles. The molecule has 21 heavy (non-hydrogen) atoms. The van der Waals surface area contributed by atoms with Crippen molar-refractivity contribution in [2.24, 2.45) is 0 Å². The fourth-order valence-corrected chi connectivity index (χ4v) is 2.26. The first-order valence-electron chi connectivity index (χ1n) is 6.94. The Labute approximate surface area is 120 Å². The van der Waals surface area contributed by atoms with Gasteiger partial charge in [-0.05, 0) is 18.4 Å². The Kier molecular flexibility index (Phi) is 3.71. The SMILES string of the molecule is FC(F)(F)c1cnn(C(CNC2CC2)c2ccccc2)c1. The molecule has 0 spiro atoms. The molecule has 1 unspecified atom stereocenters. The number of aromatic nitrogens is 2. The van der Waals surface area contributed by atoms with Crippen LogP contribution in [0.5, 0.6) is 0 Å². The van der Waals surface area contributed by atoms with Crippen molar-refractivity contribution in [3.8, 4) is 0 Å². The highest BCUT2D eigenvalue weighted by Gasteiger charge is 2.33. The molecule has 112 valence electrons. The van der Waals surface area contributed by atoms with Gasteiger partial charge in [0.25, 0.3) is 0 Å². The second-order valence-corrected chi connectivity index (χ2v) is 5.32. The van der Waals surface area contributed by atoms with Gasteiger partial charge in [-0.15, -0.1) is 0 Å². The van der Waals surface area contributed by atoms with E-state index >= 15 is 0 Å². The molecular formula is C15H16F3N3. The fraction of sp³-hybridized carbons (Fsp3) is 0.400. The molecule has 1 fully saturated rings. The lowest BCUT2D eigenvalue weighted by Gasteiger charge is -2.19. The molecule has 0 radical (unpaired) electrons. The summed E-state index contributed by atoms with van der Waals surface area (Å²) in [4.78, 5) is 0.